The van der Waals surface area contributed by atoms with E-state index in [2.05, 4.69) is 0 Å². The lowest BCUT2D eigenvalue weighted by Crippen LogP contribution is -2.17. The average Bonchev–Trinajstić information content (AvgIpc) is 2.35. The smallest absolute Gasteiger partial charge is 0.127 e. The van der Waals surface area contributed by atoms with Crippen LogP contribution in [-0.2, 0) is 0 Å². The first-order valence-electron chi connectivity index (χ1n) is 5.82. The van der Waals surface area contributed by atoms with Crippen LogP contribution in [-0.4, -0.2) is 24.9 Å². The van der Waals surface area contributed by atoms with Crippen LogP contribution in [0.5, 0.6) is 11.5 Å². The van der Waals surface area contributed by atoms with Gasteiger partial charge in [-0.25, -0.2) is 0 Å². The van der Waals surface area contributed by atoms with E-state index < -0.39 is 6.10 Å². The predicted molar refractivity (Wildman–Crippen MR) is 67.4 cm³/mol. The van der Waals surface area contributed by atoms with Crippen molar-refractivity contribution >= 4 is 0 Å². The number of rotatable bonds is 6. The molecule has 96 valence electrons. The molecule has 1 aromatic rings. The molecule has 0 amide bonds. The Hall–Kier alpha value is -1.26. The van der Waals surface area contributed by atoms with Crippen molar-refractivity contribution in [3.8, 4) is 11.5 Å². The highest BCUT2D eigenvalue weighted by Gasteiger charge is 2.11. The summed E-state index contributed by atoms with van der Waals surface area (Å²) in [4.78, 5) is 0. The summed E-state index contributed by atoms with van der Waals surface area (Å²) in [6, 6.07) is 5.41. The molecule has 0 aliphatic carbocycles. The summed E-state index contributed by atoms with van der Waals surface area (Å²) in [5.41, 5.74) is 6.77. The molecule has 0 aliphatic heterocycles. The molecule has 4 nitrogen and oxygen atoms in total. The number of aliphatic hydroxyl groups is 1. The summed E-state index contributed by atoms with van der Waals surface area (Å²) in [5, 5.41) is 9.49. The molecule has 0 heterocycles. The molecule has 2 atom stereocenters. The van der Waals surface area contributed by atoms with Crippen LogP contribution in [0.1, 0.15) is 31.9 Å². The average molecular weight is 239 g/mol. The van der Waals surface area contributed by atoms with Gasteiger partial charge in [0.1, 0.15) is 18.1 Å². The third-order valence-electron chi connectivity index (χ3n) is 2.61. The van der Waals surface area contributed by atoms with Crippen molar-refractivity contribution in [1.82, 2.24) is 0 Å². The molecule has 0 fully saturated rings. The van der Waals surface area contributed by atoms with Crippen LogP contribution in [0.3, 0.4) is 0 Å². The molecule has 4 heteroatoms. The summed E-state index contributed by atoms with van der Waals surface area (Å²) in [6.07, 6.45) is 0.208. The molecule has 0 spiro atoms. The van der Waals surface area contributed by atoms with E-state index >= 15 is 0 Å². The SMILES string of the molecule is CCC(O)COc1cc(OC)ccc1[C@H](C)N. The van der Waals surface area contributed by atoms with Gasteiger partial charge < -0.3 is 20.3 Å². The van der Waals surface area contributed by atoms with Crippen LogP contribution in [0.2, 0.25) is 0 Å². The zero-order valence-electron chi connectivity index (χ0n) is 10.6. The molecule has 0 aliphatic rings. The molecule has 0 saturated carbocycles. The Morgan fingerprint density at radius 1 is 1.41 bits per heavy atom. The van der Waals surface area contributed by atoms with Gasteiger partial charge in [-0.1, -0.05) is 13.0 Å². The van der Waals surface area contributed by atoms with Crippen LogP contribution in [0.15, 0.2) is 18.2 Å². The summed E-state index contributed by atoms with van der Waals surface area (Å²) < 4.78 is 10.7. The lowest BCUT2D eigenvalue weighted by Gasteiger charge is -2.16. The lowest BCUT2D eigenvalue weighted by molar-refractivity contribution is 0.103. The van der Waals surface area contributed by atoms with Crippen molar-refractivity contribution < 1.29 is 14.6 Å². The maximum atomic E-state index is 9.49. The largest absolute Gasteiger partial charge is 0.497 e. The maximum Gasteiger partial charge on any atom is 0.127 e. The zero-order valence-corrected chi connectivity index (χ0v) is 10.6. The van der Waals surface area contributed by atoms with Crippen LogP contribution in [0.25, 0.3) is 0 Å². The number of ether oxygens (including phenoxy) is 2. The van der Waals surface area contributed by atoms with Crippen LogP contribution >= 0.6 is 0 Å². The van der Waals surface area contributed by atoms with E-state index in [0.29, 0.717) is 12.2 Å². The van der Waals surface area contributed by atoms with Crippen molar-refractivity contribution in [1.29, 1.82) is 0 Å². The second-order valence-electron chi connectivity index (χ2n) is 4.07. The van der Waals surface area contributed by atoms with E-state index in [1.165, 1.54) is 0 Å². The molecular weight excluding hydrogens is 218 g/mol. The Bertz CT molecular complexity index is 353. The minimum atomic E-state index is -0.456. The Morgan fingerprint density at radius 3 is 2.65 bits per heavy atom. The molecule has 1 aromatic carbocycles. The molecule has 3 N–H and O–H groups in total. The van der Waals surface area contributed by atoms with Crippen LogP contribution in [0.4, 0.5) is 0 Å². The summed E-state index contributed by atoms with van der Waals surface area (Å²) in [5.74, 6) is 1.39. The summed E-state index contributed by atoms with van der Waals surface area (Å²) >= 11 is 0. The van der Waals surface area contributed by atoms with Gasteiger partial charge in [0.05, 0.1) is 13.2 Å². The van der Waals surface area contributed by atoms with Crippen molar-refractivity contribution in [3.63, 3.8) is 0 Å². The molecule has 0 saturated heterocycles. The number of methoxy groups -OCH3 is 1. The molecule has 17 heavy (non-hydrogen) atoms. The summed E-state index contributed by atoms with van der Waals surface area (Å²) in [7, 11) is 1.60. The van der Waals surface area contributed by atoms with E-state index in [4.69, 9.17) is 15.2 Å². The first-order chi connectivity index (χ1) is 8.08. The highest BCUT2D eigenvalue weighted by molar-refractivity contribution is 5.42. The summed E-state index contributed by atoms with van der Waals surface area (Å²) in [6.45, 7) is 4.07. The fraction of sp³-hybridized carbons (Fsp3) is 0.538. The number of nitrogens with two attached hydrogens (primary N) is 1. The molecular formula is C13H21NO3. The third kappa shape index (κ3) is 3.91. The van der Waals surface area contributed by atoms with E-state index in [1.807, 2.05) is 26.0 Å². The fourth-order valence-electron chi connectivity index (χ4n) is 1.45. The van der Waals surface area contributed by atoms with Gasteiger partial charge in [0.2, 0.25) is 0 Å². The third-order valence-corrected chi connectivity index (χ3v) is 2.61. The standard InChI is InChI=1S/C13H21NO3/c1-4-10(15)8-17-13-7-11(16-3)5-6-12(13)9(2)14/h5-7,9-10,15H,4,8,14H2,1-3H3/t9-,10?/m0/s1. The molecule has 0 radical (unpaired) electrons. The molecule has 1 rings (SSSR count). The van der Waals surface area contributed by atoms with Gasteiger partial charge in [-0.05, 0) is 19.4 Å². The van der Waals surface area contributed by atoms with E-state index in [0.717, 1.165) is 11.3 Å². The van der Waals surface area contributed by atoms with E-state index in [-0.39, 0.29) is 12.6 Å². The molecule has 0 aromatic heterocycles. The number of hydrogen-bond donors (Lipinski definition) is 2. The molecule has 1 unspecified atom stereocenters. The van der Waals surface area contributed by atoms with Gasteiger partial charge in [-0.3, -0.25) is 0 Å². The quantitative estimate of drug-likeness (QED) is 0.795. The molecule has 0 bridgehead atoms. The minimum absolute atomic E-state index is 0.116. The first kappa shape index (κ1) is 13.8. The number of hydrogen-bond acceptors (Lipinski definition) is 4. The van der Waals surface area contributed by atoms with Crippen LogP contribution in [0, 0.1) is 0 Å². The monoisotopic (exact) mass is 239 g/mol. The highest BCUT2D eigenvalue weighted by atomic mass is 16.5. The fourth-order valence-corrected chi connectivity index (χ4v) is 1.45. The maximum absolute atomic E-state index is 9.49. The van der Waals surface area contributed by atoms with Crippen molar-refractivity contribution in [3.05, 3.63) is 23.8 Å². The van der Waals surface area contributed by atoms with Gasteiger partial charge in [-0.2, -0.15) is 0 Å². The Morgan fingerprint density at radius 2 is 2.12 bits per heavy atom. The highest BCUT2D eigenvalue weighted by Crippen LogP contribution is 2.28. The van der Waals surface area contributed by atoms with Crippen molar-refractivity contribution in [2.75, 3.05) is 13.7 Å². The van der Waals surface area contributed by atoms with Gasteiger partial charge in [0.15, 0.2) is 0 Å². The van der Waals surface area contributed by atoms with Gasteiger partial charge in [0.25, 0.3) is 0 Å². The second-order valence-corrected chi connectivity index (χ2v) is 4.07. The van der Waals surface area contributed by atoms with E-state index in [1.54, 1.807) is 13.2 Å². The first-order valence-corrected chi connectivity index (χ1v) is 5.82. The Kier molecular flexibility index (Phi) is 5.25. The van der Waals surface area contributed by atoms with E-state index in [9.17, 15) is 5.11 Å². The second kappa shape index (κ2) is 6.47. The lowest BCUT2D eigenvalue weighted by atomic mass is 10.1. The Balaban J connectivity index is 2.85. The number of benzene rings is 1. The normalized spacial score (nSPS) is 14.2. The van der Waals surface area contributed by atoms with Crippen molar-refractivity contribution in [2.45, 2.75) is 32.4 Å². The topological polar surface area (TPSA) is 64.7 Å². The zero-order chi connectivity index (χ0) is 12.8. The minimum Gasteiger partial charge on any atom is -0.497 e. The predicted octanol–water partition coefficient (Wildman–Crippen LogP) is 1.86. The number of aliphatic hydroxyl groups excluding tert-OH is 1. The van der Waals surface area contributed by atoms with Gasteiger partial charge in [0, 0.05) is 17.7 Å². The van der Waals surface area contributed by atoms with Gasteiger partial charge in [-0.15, -0.1) is 0 Å². The van der Waals surface area contributed by atoms with Crippen LogP contribution < -0.4 is 15.2 Å². The Labute approximate surface area is 102 Å². The van der Waals surface area contributed by atoms with Gasteiger partial charge >= 0.3 is 0 Å². The van der Waals surface area contributed by atoms with Crippen molar-refractivity contribution in [2.24, 2.45) is 5.73 Å².